The maximum atomic E-state index is 13.2. The van der Waals surface area contributed by atoms with Crippen LogP contribution in [0.2, 0.25) is 0 Å². The minimum absolute atomic E-state index is 0.128. The van der Waals surface area contributed by atoms with Gasteiger partial charge in [0.05, 0.1) is 35.2 Å². The molecular weight excluding hydrogens is 524 g/mol. The zero-order valence-corrected chi connectivity index (χ0v) is 22.6. The van der Waals surface area contributed by atoms with Crippen molar-refractivity contribution in [3.63, 3.8) is 0 Å². The molecule has 5 N–H and O–H groups in total. The second-order valence-electron chi connectivity index (χ2n) is 10.1. The van der Waals surface area contributed by atoms with Gasteiger partial charge in [-0.3, -0.25) is 14.4 Å². The van der Waals surface area contributed by atoms with E-state index < -0.39 is 5.97 Å². The molecule has 5 rings (SSSR count). The number of hydroxylamine groups is 1. The zero-order chi connectivity index (χ0) is 28.9. The van der Waals surface area contributed by atoms with Crippen LogP contribution in [0.15, 0.2) is 66.7 Å². The van der Waals surface area contributed by atoms with Gasteiger partial charge in [-0.25, -0.2) is 10.3 Å². The molecule has 2 aliphatic rings. The lowest BCUT2D eigenvalue weighted by atomic mass is 9.96. The van der Waals surface area contributed by atoms with Crippen molar-refractivity contribution in [2.75, 3.05) is 36.9 Å². The summed E-state index contributed by atoms with van der Waals surface area (Å²) in [6.07, 6.45) is 1.27. The number of aryl methyl sites for hydroxylation is 1. The van der Waals surface area contributed by atoms with E-state index in [0.717, 1.165) is 31.5 Å². The van der Waals surface area contributed by atoms with Crippen molar-refractivity contribution in [1.29, 1.82) is 0 Å². The molecule has 0 aliphatic carbocycles. The van der Waals surface area contributed by atoms with Gasteiger partial charge in [-0.1, -0.05) is 30.3 Å². The molecule has 0 spiro atoms. The number of nitrogens with zero attached hydrogens (tertiary/aromatic N) is 1. The SMILES string of the molecule is Cc1cc2c(cc1C(=O)O)NC(=O)C2=C(Nc1ccc(C(=O)NOCCN2CCC(O)CC2)cc1)c1ccccc1. The summed E-state index contributed by atoms with van der Waals surface area (Å²) in [6.45, 7) is 4.33. The molecule has 1 saturated heterocycles. The number of nitrogens with one attached hydrogen (secondary N) is 3. The molecule has 0 aromatic heterocycles. The van der Waals surface area contributed by atoms with E-state index in [4.69, 9.17) is 4.84 Å². The van der Waals surface area contributed by atoms with Crippen molar-refractivity contribution in [2.24, 2.45) is 0 Å². The molecule has 0 saturated carbocycles. The molecule has 10 heteroatoms. The van der Waals surface area contributed by atoms with Crippen molar-refractivity contribution in [1.82, 2.24) is 10.4 Å². The lowest BCUT2D eigenvalue weighted by molar-refractivity contribution is -0.110. The first-order chi connectivity index (χ1) is 19.8. The average molecular weight is 557 g/mol. The number of aromatic carboxylic acids is 1. The fourth-order valence-electron chi connectivity index (χ4n) is 5.03. The Morgan fingerprint density at radius 2 is 1.73 bits per heavy atom. The molecule has 2 amide bonds. The Hall–Kier alpha value is -4.51. The van der Waals surface area contributed by atoms with Crippen LogP contribution in [0.25, 0.3) is 11.3 Å². The monoisotopic (exact) mass is 556 g/mol. The molecule has 1 fully saturated rings. The summed E-state index contributed by atoms with van der Waals surface area (Å²) in [5.41, 5.74) is 6.97. The number of benzene rings is 3. The van der Waals surface area contributed by atoms with Crippen LogP contribution >= 0.6 is 0 Å². The lowest BCUT2D eigenvalue weighted by Crippen LogP contribution is -2.38. The summed E-state index contributed by atoms with van der Waals surface area (Å²) < 4.78 is 0. The molecule has 3 aromatic carbocycles. The minimum atomic E-state index is -1.06. The number of anilines is 2. The molecule has 2 heterocycles. The summed E-state index contributed by atoms with van der Waals surface area (Å²) in [5, 5.41) is 25.3. The minimum Gasteiger partial charge on any atom is -0.478 e. The Morgan fingerprint density at radius 1 is 1.02 bits per heavy atom. The number of fused-ring (bicyclic) bond motifs is 1. The Bertz CT molecular complexity index is 1480. The van der Waals surface area contributed by atoms with E-state index in [1.807, 2.05) is 30.3 Å². The first-order valence-electron chi connectivity index (χ1n) is 13.5. The Labute approximate surface area is 237 Å². The third kappa shape index (κ3) is 6.46. The van der Waals surface area contributed by atoms with Gasteiger partial charge in [0.1, 0.15) is 0 Å². The fraction of sp³-hybridized carbons (Fsp3) is 0.258. The molecule has 10 nitrogen and oxygen atoms in total. The highest BCUT2D eigenvalue weighted by molar-refractivity contribution is 6.37. The summed E-state index contributed by atoms with van der Waals surface area (Å²) >= 11 is 0. The third-order valence-electron chi connectivity index (χ3n) is 7.30. The highest BCUT2D eigenvalue weighted by Crippen LogP contribution is 2.39. The first-order valence-corrected chi connectivity index (χ1v) is 13.5. The molecule has 212 valence electrons. The molecule has 0 atom stereocenters. The number of aliphatic hydroxyl groups is 1. The number of hydrogen-bond acceptors (Lipinski definition) is 7. The number of carbonyl (C=O) groups excluding carboxylic acids is 2. The second-order valence-corrected chi connectivity index (χ2v) is 10.1. The van der Waals surface area contributed by atoms with Gasteiger partial charge in [-0.05, 0) is 67.3 Å². The van der Waals surface area contributed by atoms with Crippen LogP contribution in [0.3, 0.4) is 0 Å². The van der Waals surface area contributed by atoms with Gasteiger partial charge in [0.25, 0.3) is 11.8 Å². The normalized spacial score (nSPS) is 16.6. The van der Waals surface area contributed by atoms with E-state index in [-0.39, 0.29) is 23.5 Å². The molecular formula is C31H32N4O6. The lowest BCUT2D eigenvalue weighted by Gasteiger charge is -2.29. The smallest absolute Gasteiger partial charge is 0.336 e. The van der Waals surface area contributed by atoms with Crippen molar-refractivity contribution in [3.05, 3.63) is 94.5 Å². The predicted octanol–water partition coefficient (Wildman–Crippen LogP) is 3.74. The second kappa shape index (κ2) is 12.3. The van der Waals surface area contributed by atoms with Crippen molar-refractivity contribution in [3.8, 4) is 0 Å². The van der Waals surface area contributed by atoms with Gasteiger partial charge in [-0.2, -0.15) is 0 Å². The van der Waals surface area contributed by atoms with Crippen LogP contribution in [-0.2, 0) is 9.63 Å². The zero-order valence-electron chi connectivity index (χ0n) is 22.6. The number of aliphatic hydroxyl groups excluding tert-OH is 1. The number of hydrogen-bond donors (Lipinski definition) is 5. The summed E-state index contributed by atoms with van der Waals surface area (Å²) in [6, 6.07) is 19.4. The summed E-state index contributed by atoms with van der Waals surface area (Å²) in [7, 11) is 0. The first kappa shape index (κ1) is 28.0. The van der Waals surface area contributed by atoms with Crippen molar-refractivity contribution < 1.29 is 29.4 Å². The number of likely N-dealkylation sites (tertiary alicyclic amines) is 1. The van der Waals surface area contributed by atoms with E-state index in [2.05, 4.69) is 21.0 Å². The van der Waals surface area contributed by atoms with Gasteiger partial charge < -0.3 is 25.7 Å². The fourth-order valence-corrected chi connectivity index (χ4v) is 5.03. The highest BCUT2D eigenvalue weighted by atomic mass is 16.7. The average Bonchev–Trinajstić information content (AvgIpc) is 3.29. The van der Waals surface area contributed by atoms with Crippen molar-refractivity contribution in [2.45, 2.75) is 25.9 Å². The van der Waals surface area contributed by atoms with Gasteiger partial charge in [0.15, 0.2) is 0 Å². The van der Waals surface area contributed by atoms with Crippen LogP contribution in [0.1, 0.15) is 50.2 Å². The van der Waals surface area contributed by atoms with E-state index in [1.165, 1.54) is 6.07 Å². The quantitative estimate of drug-likeness (QED) is 0.153. The Kier molecular flexibility index (Phi) is 8.44. The number of carboxylic acids is 1. The molecule has 0 bridgehead atoms. The van der Waals surface area contributed by atoms with Gasteiger partial charge in [0.2, 0.25) is 0 Å². The van der Waals surface area contributed by atoms with Crippen LogP contribution in [0, 0.1) is 6.92 Å². The van der Waals surface area contributed by atoms with Gasteiger partial charge in [-0.15, -0.1) is 0 Å². The molecule has 41 heavy (non-hydrogen) atoms. The van der Waals surface area contributed by atoms with E-state index in [1.54, 1.807) is 37.3 Å². The third-order valence-corrected chi connectivity index (χ3v) is 7.30. The van der Waals surface area contributed by atoms with Crippen LogP contribution in [-0.4, -0.2) is 65.2 Å². The molecule has 0 radical (unpaired) electrons. The van der Waals surface area contributed by atoms with E-state index >= 15 is 0 Å². The number of piperidine rings is 1. The number of carbonyl (C=O) groups is 3. The standard InChI is InChI=1S/C31H32N4O6/c1-19-17-25-26(18-24(19)31(39)40)33-30(38)27(25)28(20-5-3-2-4-6-20)32-22-9-7-21(8-10-22)29(37)34-41-16-15-35-13-11-23(36)12-14-35/h2-10,17-18,23,32,36H,11-16H2,1H3,(H,33,38)(H,34,37)(H,39,40). The van der Waals surface area contributed by atoms with Crippen LogP contribution in [0.4, 0.5) is 11.4 Å². The largest absolute Gasteiger partial charge is 0.478 e. The number of carboxylic acid groups (broad SMARTS) is 1. The van der Waals surface area contributed by atoms with Crippen LogP contribution in [0.5, 0.6) is 0 Å². The summed E-state index contributed by atoms with van der Waals surface area (Å²) in [4.78, 5) is 44.9. The topological polar surface area (TPSA) is 140 Å². The molecule has 2 aliphatic heterocycles. The molecule has 3 aromatic rings. The maximum Gasteiger partial charge on any atom is 0.336 e. The summed E-state index contributed by atoms with van der Waals surface area (Å²) in [5.74, 6) is -1.78. The molecule has 0 unspecified atom stereocenters. The Balaban J connectivity index is 1.31. The van der Waals surface area contributed by atoms with Crippen molar-refractivity contribution >= 4 is 40.4 Å². The van der Waals surface area contributed by atoms with E-state index in [0.29, 0.717) is 52.5 Å². The Morgan fingerprint density at radius 3 is 2.41 bits per heavy atom. The van der Waals surface area contributed by atoms with E-state index in [9.17, 15) is 24.6 Å². The highest BCUT2D eigenvalue weighted by Gasteiger charge is 2.30. The van der Waals surface area contributed by atoms with Crippen LogP contribution < -0.4 is 16.1 Å². The predicted molar refractivity (Wildman–Crippen MR) is 155 cm³/mol. The van der Waals surface area contributed by atoms with Gasteiger partial charge in [0, 0.05) is 36.4 Å². The van der Waals surface area contributed by atoms with Gasteiger partial charge >= 0.3 is 5.97 Å². The maximum absolute atomic E-state index is 13.2. The number of rotatable bonds is 9. The number of amides is 2.